The molecule has 2 heterocycles. The van der Waals surface area contributed by atoms with E-state index in [4.69, 9.17) is 4.42 Å². The van der Waals surface area contributed by atoms with Crippen LogP contribution in [0.15, 0.2) is 41.2 Å². The molecule has 1 aromatic heterocycles. The van der Waals surface area contributed by atoms with Crippen molar-refractivity contribution in [1.82, 2.24) is 9.80 Å². The van der Waals surface area contributed by atoms with Crippen molar-refractivity contribution in [3.05, 3.63) is 53.5 Å². The zero-order chi connectivity index (χ0) is 16.4. The molecular weight excluding hydrogens is 296 g/mol. The molecule has 6 heteroatoms. The summed E-state index contributed by atoms with van der Waals surface area (Å²) in [6.45, 7) is 3.66. The maximum Gasteiger partial charge on any atom is 0.257 e. The third-order valence-electron chi connectivity index (χ3n) is 4.01. The Kier molecular flexibility index (Phi) is 4.06. The average molecular weight is 314 g/mol. The van der Waals surface area contributed by atoms with Gasteiger partial charge in [0.1, 0.15) is 12.0 Å². The number of aromatic hydroxyl groups is 1. The summed E-state index contributed by atoms with van der Waals surface area (Å²) >= 11 is 0. The molecule has 1 aromatic carbocycles. The largest absolute Gasteiger partial charge is 0.507 e. The van der Waals surface area contributed by atoms with Crippen molar-refractivity contribution in [3.63, 3.8) is 0 Å². The molecule has 2 amide bonds. The summed E-state index contributed by atoms with van der Waals surface area (Å²) in [6.07, 6.45) is 2.89. The van der Waals surface area contributed by atoms with Gasteiger partial charge in [-0.3, -0.25) is 9.59 Å². The average Bonchev–Trinajstić information content (AvgIpc) is 3.08. The van der Waals surface area contributed by atoms with Crippen LogP contribution in [-0.2, 0) is 0 Å². The predicted octanol–water partition coefficient (Wildman–Crippen LogP) is 1.89. The van der Waals surface area contributed by atoms with Crippen LogP contribution in [0.1, 0.15) is 26.3 Å². The van der Waals surface area contributed by atoms with Crippen LogP contribution < -0.4 is 0 Å². The fourth-order valence-corrected chi connectivity index (χ4v) is 2.67. The van der Waals surface area contributed by atoms with Gasteiger partial charge in [-0.2, -0.15) is 0 Å². The normalized spacial score (nSPS) is 14.8. The molecule has 3 rings (SSSR count). The van der Waals surface area contributed by atoms with Gasteiger partial charge >= 0.3 is 0 Å². The minimum absolute atomic E-state index is 0.00750. The number of rotatable bonds is 2. The van der Waals surface area contributed by atoms with Crippen LogP contribution in [0.2, 0.25) is 0 Å². The van der Waals surface area contributed by atoms with Crippen molar-refractivity contribution in [1.29, 1.82) is 0 Å². The maximum absolute atomic E-state index is 12.5. The molecule has 23 heavy (non-hydrogen) atoms. The molecule has 2 aromatic rings. The molecule has 0 radical (unpaired) electrons. The Morgan fingerprint density at radius 1 is 1.04 bits per heavy atom. The zero-order valence-corrected chi connectivity index (χ0v) is 12.9. The van der Waals surface area contributed by atoms with Crippen molar-refractivity contribution in [2.45, 2.75) is 6.92 Å². The lowest BCUT2D eigenvalue weighted by atomic mass is 10.1. The Bertz CT molecular complexity index is 716. The van der Waals surface area contributed by atoms with Crippen molar-refractivity contribution < 1.29 is 19.1 Å². The van der Waals surface area contributed by atoms with Gasteiger partial charge in [-0.1, -0.05) is 6.07 Å². The van der Waals surface area contributed by atoms with E-state index in [0.717, 1.165) is 5.56 Å². The van der Waals surface area contributed by atoms with E-state index in [-0.39, 0.29) is 17.6 Å². The third-order valence-corrected chi connectivity index (χ3v) is 4.01. The van der Waals surface area contributed by atoms with Crippen molar-refractivity contribution in [2.24, 2.45) is 0 Å². The van der Waals surface area contributed by atoms with Crippen molar-refractivity contribution in [2.75, 3.05) is 26.2 Å². The first-order chi connectivity index (χ1) is 11.1. The van der Waals surface area contributed by atoms with E-state index in [2.05, 4.69) is 0 Å². The van der Waals surface area contributed by atoms with E-state index < -0.39 is 0 Å². The quantitative estimate of drug-likeness (QED) is 0.918. The van der Waals surface area contributed by atoms with Crippen molar-refractivity contribution in [3.8, 4) is 5.75 Å². The molecule has 1 saturated heterocycles. The number of hydrogen-bond donors (Lipinski definition) is 1. The number of phenols is 1. The van der Waals surface area contributed by atoms with Crippen LogP contribution in [0.25, 0.3) is 0 Å². The highest BCUT2D eigenvalue weighted by atomic mass is 16.3. The highest BCUT2D eigenvalue weighted by Crippen LogP contribution is 2.21. The monoisotopic (exact) mass is 314 g/mol. The number of amides is 2. The summed E-state index contributed by atoms with van der Waals surface area (Å²) < 4.78 is 4.93. The number of aryl methyl sites for hydroxylation is 1. The fourth-order valence-electron chi connectivity index (χ4n) is 2.67. The molecule has 120 valence electrons. The highest BCUT2D eigenvalue weighted by Gasteiger charge is 2.26. The summed E-state index contributed by atoms with van der Waals surface area (Å²) in [4.78, 5) is 28.1. The van der Waals surface area contributed by atoms with Crippen LogP contribution in [0.5, 0.6) is 5.75 Å². The Morgan fingerprint density at radius 2 is 1.70 bits per heavy atom. The topological polar surface area (TPSA) is 74.0 Å². The number of piperazine rings is 1. The molecule has 0 saturated carbocycles. The molecule has 0 aliphatic carbocycles. The molecule has 0 unspecified atom stereocenters. The number of hydrogen-bond acceptors (Lipinski definition) is 4. The number of benzene rings is 1. The molecule has 0 bridgehead atoms. The summed E-state index contributed by atoms with van der Waals surface area (Å²) in [7, 11) is 0. The number of furan rings is 1. The molecule has 6 nitrogen and oxygen atoms in total. The van der Waals surface area contributed by atoms with Gasteiger partial charge in [0.2, 0.25) is 0 Å². The molecule has 1 aliphatic rings. The minimum Gasteiger partial charge on any atom is -0.507 e. The van der Waals surface area contributed by atoms with Gasteiger partial charge in [-0.15, -0.1) is 0 Å². The molecular formula is C17H18N2O4. The smallest absolute Gasteiger partial charge is 0.257 e. The van der Waals surface area contributed by atoms with Gasteiger partial charge in [-0.25, -0.2) is 0 Å². The lowest BCUT2D eigenvalue weighted by Gasteiger charge is -2.34. The summed E-state index contributed by atoms with van der Waals surface area (Å²) in [5, 5.41) is 9.94. The van der Waals surface area contributed by atoms with E-state index in [1.54, 1.807) is 34.1 Å². The van der Waals surface area contributed by atoms with Gasteiger partial charge in [0.05, 0.1) is 17.4 Å². The molecule has 1 N–H and O–H groups in total. The summed E-state index contributed by atoms with van der Waals surface area (Å²) in [5.74, 6) is -0.311. The van der Waals surface area contributed by atoms with E-state index in [0.29, 0.717) is 37.3 Å². The van der Waals surface area contributed by atoms with Gasteiger partial charge in [0.25, 0.3) is 11.8 Å². The van der Waals surface area contributed by atoms with Gasteiger partial charge in [-0.05, 0) is 30.7 Å². The minimum atomic E-state index is -0.210. The number of carbonyl (C=O) groups excluding carboxylic acids is 2. The maximum atomic E-state index is 12.5. The molecule has 1 aliphatic heterocycles. The first kappa shape index (κ1) is 15.1. The second-order valence-corrected chi connectivity index (χ2v) is 5.62. The zero-order valence-electron chi connectivity index (χ0n) is 12.9. The number of carbonyl (C=O) groups is 2. The van der Waals surface area contributed by atoms with Crippen LogP contribution in [0, 0.1) is 6.92 Å². The van der Waals surface area contributed by atoms with Crippen LogP contribution in [-0.4, -0.2) is 52.9 Å². The fraction of sp³-hybridized carbons (Fsp3) is 0.294. The molecule has 0 spiro atoms. The van der Waals surface area contributed by atoms with Crippen LogP contribution in [0.3, 0.4) is 0 Å². The van der Waals surface area contributed by atoms with Crippen LogP contribution >= 0.6 is 0 Å². The lowest BCUT2D eigenvalue weighted by molar-refractivity contribution is 0.0533. The van der Waals surface area contributed by atoms with Gasteiger partial charge in [0, 0.05) is 26.2 Å². The number of nitrogens with zero attached hydrogens (tertiary/aromatic N) is 2. The standard InChI is InChI=1S/C17H18N2O4/c1-12-2-3-14(15(20)10-12)17(22)19-7-5-18(6-8-19)16(21)13-4-9-23-11-13/h2-4,9-11,20H,5-8H2,1H3. The predicted molar refractivity (Wildman–Crippen MR) is 83.4 cm³/mol. The second kappa shape index (κ2) is 6.16. The van der Waals surface area contributed by atoms with Crippen molar-refractivity contribution >= 4 is 11.8 Å². The van der Waals surface area contributed by atoms with Gasteiger partial charge in [0.15, 0.2) is 0 Å². The van der Waals surface area contributed by atoms with E-state index >= 15 is 0 Å². The van der Waals surface area contributed by atoms with Gasteiger partial charge < -0.3 is 19.3 Å². The van der Waals surface area contributed by atoms with Crippen LogP contribution in [0.4, 0.5) is 0 Å². The highest BCUT2D eigenvalue weighted by molar-refractivity contribution is 5.97. The lowest BCUT2D eigenvalue weighted by Crippen LogP contribution is -2.50. The first-order valence-corrected chi connectivity index (χ1v) is 7.46. The third kappa shape index (κ3) is 3.06. The Hall–Kier alpha value is -2.76. The molecule has 0 atom stereocenters. The van der Waals surface area contributed by atoms with E-state index in [9.17, 15) is 14.7 Å². The SMILES string of the molecule is Cc1ccc(C(=O)N2CCN(C(=O)c3ccoc3)CC2)c(O)c1. The molecule has 1 fully saturated rings. The van der Waals surface area contributed by atoms with E-state index in [1.807, 2.05) is 6.92 Å². The Balaban J connectivity index is 1.64. The summed E-state index contributed by atoms with van der Waals surface area (Å²) in [5.41, 5.74) is 1.71. The van der Waals surface area contributed by atoms with E-state index in [1.165, 1.54) is 12.5 Å². The summed E-state index contributed by atoms with van der Waals surface area (Å²) in [6, 6.07) is 6.64. The Labute approximate surface area is 133 Å². The number of phenolic OH excluding ortho intramolecular Hbond substituents is 1. The first-order valence-electron chi connectivity index (χ1n) is 7.46. The second-order valence-electron chi connectivity index (χ2n) is 5.62. The Morgan fingerprint density at radius 3 is 2.26 bits per heavy atom.